The molecule has 1 aromatic heterocycles. The van der Waals surface area contributed by atoms with E-state index in [1.165, 1.54) is 31.6 Å². The van der Waals surface area contributed by atoms with Gasteiger partial charge in [-0.15, -0.1) is 0 Å². The van der Waals surface area contributed by atoms with Gasteiger partial charge in [-0.1, -0.05) is 12.1 Å². The summed E-state index contributed by atoms with van der Waals surface area (Å²) in [5, 5.41) is 18.0. The highest BCUT2D eigenvalue weighted by Gasteiger charge is 2.19. The number of aromatic nitrogens is 3. The number of hydrogen-bond acceptors (Lipinski definition) is 6. The normalized spacial score (nSPS) is 11.6. The van der Waals surface area contributed by atoms with Crippen LogP contribution in [0.2, 0.25) is 0 Å². The van der Waals surface area contributed by atoms with Gasteiger partial charge in [-0.05, 0) is 36.8 Å². The van der Waals surface area contributed by atoms with Gasteiger partial charge in [-0.2, -0.15) is 5.10 Å². The minimum Gasteiger partial charge on any atom is -0.490 e. The molecule has 3 aromatic rings. The SMILES string of the molecule is COc1ccc(C(=O)N[C@H](C)c2ccc(-n3cncn3)cc2)cc1[N+](=O)[O-]. The topological polar surface area (TPSA) is 112 Å². The van der Waals surface area contributed by atoms with Gasteiger partial charge in [0, 0.05) is 11.6 Å². The van der Waals surface area contributed by atoms with Crippen molar-refractivity contribution in [2.24, 2.45) is 0 Å². The maximum absolute atomic E-state index is 12.5. The average molecular weight is 367 g/mol. The van der Waals surface area contributed by atoms with Crippen molar-refractivity contribution in [1.29, 1.82) is 0 Å². The van der Waals surface area contributed by atoms with Crippen LogP contribution < -0.4 is 10.1 Å². The molecule has 0 radical (unpaired) electrons. The Kier molecular flexibility index (Phi) is 5.11. The third kappa shape index (κ3) is 3.92. The third-order valence-electron chi connectivity index (χ3n) is 4.06. The number of carbonyl (C=O) groups excluding carboxylic acids is 1. The Balaban J connectivity index is 1.74. The molecule has 1 heterocycles. The van der Waals surface area contributed by atoms with E-state index < -0.39 is 10.8 Å². The summed E-state index contributed by atoms with van der Waals surface area (Å²) < 4.78 is 6.58. The number of carbonyl (C=O) groups is 1. The summed E-state index contributed by atoms with van der Waals surface area (Å²) in [5.41, 5.74) is 1.67. The van der Waals surface area contributed by atoms with E-state index in [9.17, 15) is 14.9 Å². The van der Waals surface area contributed by atoms with Gasteiger partial charge >= 0.3 is 5.69 Å². The Hall–Kier alpha value is -3.75. The molecule has 0 saturated heterocycles. The molecule has 0 aliphatic rings. The summed E-state index contributed by atoms with van der Waals surface area (Å²) in [5.74, 6) is -0.304. The number of hydrogen-bond donors (Lipinski definition) is 1. The number of nitro groups is 1. The van der Waals surface area contributed by atoms with Crippen LogP contribution in [0.4, 0.5) is 5.69 Å². The van der Waals surface area contributed by atoms with E-state index in [2.05, 4.69) is 15.4 Å². The van der Waals surface area contributed by atoms with E-state index in [0.29, 0.717) is 0 Å². The maximum atomic E-state index is 12.5. The van der Waals surface area contributed by atoms with Gasteiger partial charge in [0.1, 0.15) is 12.7 Å². The second-order valence-electron chi connectivity index (χ2n) is 5.77. The Morgan fingerprint density at radius 2 is 2.00 bits per heavy atom. The molecule has 0 spiro atoms. The maximum Gasteiger partial charge on any atom is 0.311 e. The predicted octanol–water partition coefficient (Wildman–Crippen LogP) is 2.68. The number of rotatable bonds is 6. The molecule has 27 heavy (non-hydrogen) atoms. The molecule has 0 saturated carbocycles. The summed E-state index contributed by atoms with van der Waals surface area (Å²) in [6, 6.07) is 11.3. The first kappa shape index (κ1) is 18.1. The van der Waals surface area contributed by atoms with Crippen LogP contribution in [0.5, 0.6) is 5.75 Å². The molecule has 9 nitrogen and oxygen atoms in total. The highest BCUT2D eigenvalue weighted by atomic mass is 16.6. The van der Waals surface area contributed by atoms with Crippen molar-refractivity contribution in [1.82, 2.24) is 20.1 Å². The van der Waals surface area contributed by atoms with Gasteiger partial charge in [0.05, 0.1) is 23.8 Å². The largest absolute Gasteiger partial charge is 0.490 e. The van der Waals surface area contributed by atoms with E-state index in [1.807, 2.05) is 31.2 Å². The molecule has 0 bridgehead atoms. The van der Waals surface area contributed by atoms with Gasteiger partial charge in [0.25, 0.3) is 5.91 Å². The van der Waals surface area contributed by atoms with Gasteiger partial charge in [-0.3, -0.25) is 14.9 Å². The van der Waals surface area contributed by atoms with Gasteiger partial charge in [-0.25, -0.2) is 9.67 Å². The van der Waals surface area contributed by atoms with Crippen LogP contribution >= 0.6 is 0 Å². The molecule has 0 unspecified atom stereocenters. The van der Waals surface area contributed by atoms with Crippen molar-refractivity contribution < 1.29 is 14.5 Å². The Labute approximate surface area is 154 Å². The van der Waals surface area contributed by atoms with E-state index in [0.717, 1.165) is 11.3 Å². The summed E-state index contributed by atoms with van der Waals surface area (Å²) in [7, 11) is 1.34. The summed E-state index contributed by atoms with van der Waals surface area (Å²) in [6.07, 6.45) is 3.04. The number of methoxy groups -OCH3 is 1. The molecule has 1 atom stereocenters. The molecule has 3 rings (SSSR count). The zero-order chi connectivity index (χ0) is 19.4. The van der Waals surface area contributed by atoms with Crippen LogP contribution in [0.3, 0.4) is 0 Å². The monoisotopic (exact) mass is 367 g/mol. The number of nitrogens with one attached hydrogen (secondary N) is 1. The molecular formula is C18H17N5O4. The van der Waals surface area contributed by atoms with E-state index in [-0.39, 0.29) is 23.0 Å². The van der Waals surface area contributed by atoms with Gasteiger partial charge in [0.15, 0.2) is 5.75 Å². The lowest BCUT2D eigenvalue weighted by Gasteiger charge is -2.15. The Morgan fingerprint density at radius 3 is 2.59 bits per heavy atom. The lowest BCUT2D eigenvalue weighted by atomic mass is 10.1. The average Bonchev–Trinajstić information content (AvgIpc) is 3.22. The fourth-order valence-electron chi connectivity index (χ4n) is 2.59. The summed E-state index contributed by atoms with van der Waals surface area (Å²) >= 11 is 0. The van der Waals surface area contributed by atoms with E-state index in [1.54, 1.807) is 11.0 Å². The number of amides is 1. The first-order chi connectivity index (χ1) is 13.0. The van der Waals surface area contributed by atoms with Crippen molar-refractivity contribution in [3.63, 3.8) is 0 Å². The zero-order valence-corrected chi connectivity index (χ0v) is 14.7. The molecule has 2 aromatic carbocycles. The fourth-order valence-corrected chi connectivity index (χ4v) is 2.59. The van der Waals surface area contributed by atoms with Crippen LogP contribution in [0, 0.1) is 10.1 Å². The Bertz CT molecular complexity index is 954. The quantitative estimate of drug-likeness (QED) is 0.529. The van der Waals surface area contributed by atoms with Gasteiger partial charge in [0.2, 0.25) is 0 Å². The zero-order valence-electron chi connectivity index (χ0n) is 14.7. The van der Waals surface area contributed by atoms with Crippen molar-refractivity contribution in [2.75, 3.05) is 7.11 Å². The number of benzene rings is 2. The standard InChI is InChI=1S/C18H17N5O4/c1-12(13-3-6-15(7-4-13)22-11-19-10-20-22)21-18(24)14-5-8-17(27-2)16(9-14)23(25)26/h3-12H,1-2H3,(H,21,24)/t12-/m1/s1. The van der Waals surface area contributed by atoms with Crippen molar-refractivity contribution in [3.05, 3.63) is 76.4 Å². The fraction of sp³-hybridized carbons (Fsp3) is 0.167. The smallest absolute Gasteiger partial charge is 0.311 e. The summed E-state index contributed by atoms with van der Waals surface area (Å²) in [4.78, 5) is 26.9. The highest BCUT2D eigenvalue weighted by molar-refractivity contribution is 5.95. The molecule has 0 aliphatic carbocycles. The molecule has 9 heteroatoms. The Morgan fingerprint density at radius 1 is 1.26 bits per heavy atom. The summed E-state index contributed by atoms with van der Waals surface area (Å²) in [6.45, 7) is 1.83. The van der Waals surface area contributed by atoms with E-state index >= 15 is 0 Å². The van der Waals surface area contributed by atoms with Crippen LogP contribution in [-0.4, -0.2) is 32.7 Å². The van der Waals surface area contributed by atoms with Crippen molar-refractivity contribution in [2.45, 2.75) is 13.0 Å². The van der Waals surface area contributed by atoms with Crippen molar-refractivity contribution in [3.8, 4) is 11.4 Å². The number of nitro benzene ring substituents is 1. The minimum atomic E-state index is -0.581. The van der Waals surface area contributed by atoms with Crippen LogP contribution in [0.15, 0.2) is 55.1 Å². The predicted molar refractivity (Wildman–Crippen MR) is 96.9 cm³/mol. The van der Waals surface area contributed by atoms with Gasteiger partial charge < -0.3 is 10.1 Å². The lowest BCUT2D eigenvalue weighted by molar-refractivity contribution is -0.385. The number of ether oxygens (including phenoxy) is 1. The molecule has 0 fully saturated rings. The molecule has 1 N–H and O–H groups in total. The van der Waals surface area contributed by atoms with Crippen LogP contribution in [0.1, 0.15) is 28.9 Å². The van der Waals surface area contributed by atoms with E-state index in [4.69, 9.17) is 4.74 Å². The third-order valence-corrected chi connectivity index (χ3v) is 4.06. The van der Waals surface area contributed by atoms with Crippen LogP contribution in [-0.2, 0) is 0 Å². The molecule has 1 amide bonds. The molecular weight excluding hydrogens is 350 g/mol. The first-order valence-corrected chi connectivity index (χ1v) is 8.08. The molecule has 138 valence electrons. The molecule has 0 aliphatic heterocycles. The second kappa shape index (κ2) is 7.65. The first-order valence-electron chi connectivity index (χ1n) is 8.08. The second-order valence-corrected chi connectivity index (χ2v) is 5.77. The number of nitrogens with zero attached hydrogens (tertiary/aromatic N) is 4. The van der Waals surface area contributed by atoms with Crippen LogP contribution in [0.25, 0.3) is 5.69 Å². The minimum absolute atomic E-state index is 0.105. The van der Waals surface area contributed by atoms with Crippen molar-refractivity contribution >= 4 is 11.6 Å². The highest BCUT2D eigenvalue weighted by Crippen LogP contribution is 2.27. The lowest BCUT2D eigenvalue weighted by Crippen LogP contribution is -2.26.